The van der Waals surface area contributed by atoms with E-state index in [2.05, 4.69) is 10.6 Å². The molecule has 21 heavy (non-hydrogen) atoms. The van der Waals surface area contributed by atoms with E-state index in [1.807, 2.05) is 19.1 Å². The Balaban J connectivity index is 1.98. The molecule has 108 valence electrons. The number of hydrogen-bond donors (Lipinski definition) is 3. The lowest BCUT2D eigenvalue weighted by Crippen LogP contribution is -2.34. The van der Waals surface area contributed by atoms with Gasteiger partial charge in [-0.3, -0.25) is 10.1 Å². The quantitative estimate of drug-likeness (QED) is 0.811. The van der Waals surface area contributed by atoms with E-state index in [0.717, 1.165) is 12.0 Å². The maximum absolute atomic E-state index is 11.8. The zero-order valence-electron chi connectivity index (χ0n) is 11.6. The van der Waals surface area contributed by atoms with Crippen LogP contribution in [-0.2, 0) is 6.42 Å². The number of rotatable bonds is 3. The van der Waals surface area contributed by atoms with E-state index in [0.29, 0.717) is 5.69 Å². The highest BCUT2D eigenvalue weighted by Crippen LogP contribution is 2.15. The second-order valence-electron chi connectivity index (χ2n) is 4.48. The first kappa shape index (κ1) is 14.6. The molecule has 0 aliphatic heterocycles. The van der Waals surface area contributed by atoms with Crippen molar-refractivity contribution in [1.29, 1.82) is 0 Å². The van der Waals surface area contributed by atoms with Crippen LogP contribution < -0.4 is 10.6 Å². The number of anilines is 1. The van der Waals surface area contributed by atoms with Gasteiger partial charge in [0.2, 0.25) is 0 Å². The van der Waals surface area contributed by atoms with Crippen LogP contribution in [0, 0.1) is 0 Å². The number of nitrogens with one attached hydrogen (secondary N) is 2. The van der Waals surface area contributed by atoms with Crippen molar-refractivity contribution in [3.05, 3.63) is 59.7 Å². The molecule has 2 rings (SSSR count). The molecule has 0 heterocycles. The highest BCUT2D eigenvalue weighted by molar-refractivity contribution is 6.09. The second kappa shape index (κ2) is 6.56. The van der Waals surface area contributed by atoms with Gasteiger partial charge in [0.15, 0.2) is 0 Å². The first-order chi connectivity index (χ1) is 10.1. The number of carbonyl (C=O) groups excluding carboxylic acids is 2. The molecule has 3 amide bonds. The molecule has 0 radical (unpaired) electrons. The minimum Gasteiger partial charge on any atom is -0.507 e. The van der Waals surface area contributed by atoms with Crippen LogP contribution in [0.4, 0.5) is 10.5 Å². The van der Waals surface area contributed by atoms with E-state index in [4.69, 9.17) is 0 Å². The number of imide groups is 1. The predicted molar refractivity (Wildman–Crippen MR) is 80.4 cm³/mol. The predicted octanol–water partition coefficient (Wildman–Crippen LogP) is 2.92. The van der Waals surface area contributed by atoms with Gasteiger partial charge in [-0.25, -0.2) is 4.79 Å². The Bertz CT molecular complexity index is 651. The van der Waals surface area contributed by atoms with Crippen molar-refractivity contribution in [2.75, 3.05) is 5.32 Å². The van der Waals surface area contributed by atoms with Crippen molar-refractivity contribution < 1.29 is 14.7 Å². The standard InChI is InChI=1S/C16H16N2O3/c1-2-11-7-9-12(10-8-11)17-16(21)18-15(20)13-5-3-4-6-14(13)19/h3-10,19H,2H2,1H3,(H2,17,18,20,21). The van der Waals surface area contributed by atoms with Gasteiger partial charge in [0.05, 0.1) is 5.56 Å². The van der Waals surface area contributed by atoms with Crippen LogP contribution >= 0.6 is 0 Å². The molecule has 0 unspecified atom stereocenters. The molecule has 5 nitrogen and oxygen atoms in total. The van der Waals surface area contributed by atoms with E-state index in [1.54, 1.807) is 24.3 Å². The van der Waals surface area contributed by atoms with Gasteiger partial charge >= 0.3 is 6.03 Å². The van der Waals surface area contributed by atoms with Crippen molar-refractivity contribution in [1.82, 2.24) is 5.32 Å². The lowest BCUT2D eigenvalue weighted by molar-refractivity contribution is 0.0964. The molecule has 2 aromatic rings. The van der Waals surface area contributed by atoms with Crippen molar-refractivity contribution in [2.24, 2.45) is 0 Å². The number of aromatic hydroxyl groups is 1. The fourth-order valence-corrected chi connectivity index (χ4v) is 1.82. The zero-order valence-corrected chi connectivity index (χ0v) is 11.6. The number of carbonyl (C=O) groups is 2. The second-order valence-corrected chi connectivity index (χ2v) is 4.48. The summed E-state index contributed by atoms with van der Waals surface area (Å²) in [6, 6.07) is 12.7. The van der Waals surface area contributed by atoms with Gasteiger partial charge in [0.1, 0.15) is 5.75 Å². The Morgan fingerprint density at radius 3 is 2.33 bits per heavy atom. The third-order valence-corrected chi connectivity index (χ3v) is 3.00. The van der Waals surface area contributed by atoms with Crippen LogP contribution in [0.1, 0.15) is 22.8 Å². The fourth-order valence-electron chi connectivity index (χ4n) is 1.82. The molecule has 0 saturated heterocycles. The number of benzene rings is 2. The molecule has 3 N–H and O–H groups in total. The molecular formula is C16H16N2O3. The number of phenolic OH excluding ortho intramolecular Hbond substituents is 1. The lowest BCUT2D eigenvalue weighted by Gasteiger charge is -2.08. The molecule has 0 atom stereocenters. The summed E-state index contributed by atoms with van der Waals surface area (Å²) in [4.78, 5) is 23.6. The van der Waals surface area contributed by atoms with Crippen LogP contribution in [0.2, 0.25) is 0 Å². The van der Waals surface area contributed by atoms with Gasteiger partial charge < -0.3 is 10.4 Å². The molecule has 0 aliphatic rings. The van der Waals surface area contributed by atoms with E-state index in [9.17, 15) is 14.7 Å². The van der Waals surface area contributed by atoms with Gasteiger partial charge in [-0.05, 0) is 36.2 Å². The summed E-state index contributed by atoms with van der Waals surface area (Å²) in [6.45, 7) is 2.04. The molecule has 0 aliphatic carbocycles. The summed E-state index contributed by atoms with van der Waals surface area (Å²) in [5.41, 5.74) is 1.80. The first-order valence-corrected chi connectivity index (χ1v) is 6.59. The number of amides is 3. The summed E-state index contributed by atoms with van der Waals surface area (Å²) >= 11 is 0. The van der Waals surface area contributed by atoms with E-state index < -0.39 is 11.9 Å². The summed E-state index contributed by atoms with van der Waals surface area (Å²) in [5, 5.41) is 14.3. The number of urea groups is 1. The number of hydrogen-bond acceptors (Lipinski definition) is 3. The van der Waals surface area contributed by atoms with Crippen LogP contribution in [0.3, 0.4) is 0 Å². The summed E-state index contributed by atoms with van der Waals surface area (Å²) in [6.07, 6.45) is 0.915. The summed E-state index contributed by atoms with van der Waals surface area (Å²) < 4.78 is 0. The normalized spacial score (nSPS) is 9.95. The Kier molecular flexibility index (Phi) is 4.56. The fraction of sp³-hybridized carbons (Fsp3) is 0.125. The highest BCUT2D eigenvalue weighted by Gasteiger charge is 2.13. The Morgan fingerprint density at radius 1 is 1.05 bits per heavy atom. The molecule has 0 fully saturated rings. The smallest absolute Gasteiger partial charge is 0.326 e. The van der Waals surface area contributed by atoms with E-state index in [1.165, 1.54) is 12.1 Å². The number of para-hydroxylation sites is 1. The molecule has 0 saturated carbocycles. The summed E-state index contributed by atoms with van der Waals surface area (Å²) in [5.74, 6) is -0.828. The number of aryl methyl sites for hydroxylation is 1. The van der Waals surface area contributed by atoms with E-state index in [-0.39, 0.29) is 11.3 Å². The lowest BCUT2D eigenvalue weighted by atomic mass is 10.1. The molecular weight excluding hydrogens is 268 g/mol. The maximum atomic E-state index is 11.8. The molecule has 0 spiro atoms. The van der Waals surface area contributed by atoms with Crippen LogP contribution in [0.25, 0.3) is 0 Å². The van der Waals surface area contributed by atoms with Crippen molar-refractivity contribution in [2.45, 2.75) is 13.3 Å². The maximum Gasteiger partial charge on any atom is 0.326 e. The average Bonchev–Trinajstić information content (AvgIpc) is 2.48. The average molecular weight is 284 g/mol. The number of phenols is 1. The van der Waals surface area contributed by atoms with Gasteiger partial charge in [-0.1, -0.05) is 31.2 Å². The van der Waals surface area contributed by atoms with Crippen molar-refractivity contribution >= 4 is 17.6 Å². The van der Waals surface area contributed by atoms with Gasteiger partial charge in [0.25, 0.3) is 5.91 Å². The van der Waals surface area contributed by atoms with Crippen molar-refractivity contribution in [3.63, 3.8) is 0 Å². The van der Waals surface area contributed by atoms with E-state index >= 15 is 0 Å². The van der Waals surface area contributed by atoms with Crippen LogP contribution in [0.15, 0.2) is 48.5 Å². The largest absolute Gasteiger partial charge is 0.507 e. The topological polar surface area (TPSA) is 78.4 Å². The van der Waals surface area contributed by atoms with Gasteiger partial charge in [-0.2, -0.15) is 0 Å². The Labute approximate surface area is 122 Å². The highest BCUT2D eigenvalue weighted by atomic mass is 16.3. The molecule has 5 heteroatoms. The third-order valence-electron chi connectivity index (χ3n) is 3.00. The minimum atomic E-state index is -0.657. The summed E-state index contributed by atoms with van der Waals surface area (Å²) in [7, 11) is 0. The Morgan fingerprint density at radius 2 is 1.71 bits per heavy atom. The minimum absolute atomic E-state index is 0.0500. The monoisotopic (exact) mass is 284 g/mol. The van der Waals surface area contributed by atoms with Crippen LogP contribution in [-0.4, -0.2) is 17.0 Å². The van der Waals surface area contributed by atoms with Gasteiger partial charge in [0, 0.05) is 5.69 Å². The third kappa shape index (κ3) is 3.82. The zero-order chi connectivity index (χ0) is 15.2. The molecule has 2 aromatic carbocycles. The van der Waals surface area contributed by atoms with Crippen LogP contribution in [0.5, 0.6) is 5.75 Å². The Hall–Kier alpha value is -2.82. The molecule has 0 aromatic heterocycles. The van der Waals surface area contributed by atoms with Crippen molar-refractivity contribution in [3.8, 4) is 5.75 Å². The molecule has 0 bridgehead atoms. The SMILES string of the molecule is CCc1ccc(NC(=O)NC(=O)c2ccccc2O)cc1. The van der Waals surface area contributed by atoms with Gasteiger partial charge in [-0.15, -0.1) is 0 Å². The first-order valence-electron chi connectivity index (χ1n) is 6.59.